The third-order valence-corrected chi connectivity index (χ3v) is 2.97. The number of nitrogens with zero attached hydrogens (tertiary/aromatic N) is 1. The van der Waals surface area contributed by atoms with Gasteiger partial charge < -0.3 is 4.74 Å². The van der Waals surface area contributed by atoms with E-state index in [2.05, 4.69) is 0 Å². The highest BCUT2D eigenvalue weighted by Crippen LogP contribution is 2.31. The Bertz CT molecular complexity index is 413. The molecule has 0 aromatic heterocycles. The lowest BCUT2D eigenvalue weighted by atomic mass is 9.92. The summed E-state index contributed by atoms with van der Waals surface area (Å²) < 4.78 is 4.70. The molecule has 1 heterocycles. The Hall–Kier alpha value is -1.72. The van der Waals surface area contributed by atoms with Gasteiger partial charge >= 0.3 is 5.97 Å². The molecule has 1 aliphatic rings. The molecule has 0 N–H and O–H groups in total. The fourth-order valence-electron chi connectivity index (χ4n) is 1.92. The third kappa shape index (κ3) is 3.87. The number of amides is 2. The number of hydrogen-bond donors (Lipinski definition) is 0. The van der Waals surface area contributed by atoms with Crippen LogP contribution in [0.1, 0.15) is 40.0 Å². The van der Waals surface area contributed by atoms with Crippen LogP contribution in [0.2, 0.25) is 0 Å². The summed E-state index contributed by atoms with van der Waals surface area (Å²) in [5, 5.41) is 0. The van der Waals surface area contributed by atoms with Gasteiger partial charge in [0.15, 0.2) is 5.78 Å². The number of Topliss-reactive ketones (excluding diaryl/α,β-unsaturated/α-hetero) is 1. The Morgan fingerprint density at radius 1 is 1.26 bits per heavy atom. The lowest BCUT2D eigenvalue weighted by Crippen LogP contribution is -2.37. The highest BCUT2D eigenvalue weighted by atomic mass is 16.5. The second kappa shape index (κ2) is 5.95. The molecule has 2 amide bonds. The van der Waals surface area contributed by atoms with Gasteiger partial charge in [0.1, 0.15) is 0 Å². The van der Waals surface area contributed by atoms with Crippen molar-refractivity contribution in [3.05, 3.63) is 0 Å². The van der Waals surface area contributed by atoms with E-state index < -0.39 is 11.4 Å². The normalized spacial score (nSPS) is 17.7. The summed E-state index contributed by atoms with van der Waals surface area (Å²) in [6, 6.07) is 0. The Morgan fingerprint density at radius 2 is 1.89 bits per heavy atom. The molecule has 0 aromatic carbocycles. The first-order chi connectivity index (χ1) is 8.77. The zero-order valence-electron chi connectivity index (χ0n) is 11.5. The number of rotatable bonds is 6. The molecule has 0 spiro atoms. The summed E-state index contributed by atoms with van der Waals surface area (Å²) >= 11 is 0. The van der Waals surface area contributed by atoms with Crippen molar-refractivity contribution in [1.82, 2.24) is 4.90 Å². The number of ketones is 1. The van der Waals surface area contributed by atoms with E-state index in [1.165, 1.54) is 0 Å². The van der Waals surface area contributed by atoms with Crippen molar-refractivity contribution in [2.75, 3.05) is 13.2 Å². The summed E-state index contributed by atoms with van der Waals surface area (Å²) in [7, 11) is 0. The summed E-state index contributed by atoms with van der Waals surface area (Å²) in [6.07, 6.45) is 0.0829. The zero-order valence-corrected chi connectivity index (χ0v) is 11.5. The average Bonchev–Trinajstić information content (AvgIpc) is 2.49. The molecule has 0 radical (unpaired) electrons. The maximum atomic E-state index is 11.9. The van der Waals surface area contributed by atoms with E-state index in [1.54, 1.807) is 20.8 Å². The van der Waals surface area contributed by atoms with E-state index in [1.807, 2.05) is 0 Å². The summed E-state index contributed by atoms with van der Waals surface area (Å²) in [4.78, 5) is 47.2. The minimum absolute atomic E-state index is 0.0175. The van der Waals surface area contributed by atoms with Crippen molar-refractivity contribution in [2.24, 2.45) is 5.41 Å². The maximum absolute atomic E-state index is 11.9. The van der Waals surface area contributed by atoms with E-state index in [0.717, 1.165) is 4.90 Å². The molecule has 1 fully saturated rings. The molecule has 0 atom stereocenters. The molecule has 0 aromatic rings. The Kier molecular flexibility index (Phi) is 4.80. The van der Waals surface area contributed by atoms with Gasteiger partial charge in [0, 0.05) is 12.8 Å². The van der Waals surface area contributed by atoms with Crippen LogP contribution in [-0.2, 0) is 23.9 Å². The molecule has 1 rings (SSSR count). The standard InChI is InChI=1S/C13H19NO5/c1-4-19-11(17)6-5-9(15)8-14-10(16)7-13(2,3)12(14)18/h4-8H2,1-3H3. The van der Waals surface area contributed by atoms with Crippen LogP contribution >= 0.6 is 0 Å². The van der Waals surface area contributed by atoms with Gasteiger partial charge in [0.2, 0.25) is 11.8 Å². The Labute approximate surface area is 112 Å². The molecular formula is C13H19NO5. The summed E-state index contributed by atoms with van der Waals surface area (Å²) in [6.45, 7) is 5.06. The second-order valence-corrected chi connectivity index (χ2v) is 5.19. The molecule has 0 unspecified atom stereocenters. The Balaban J connectivity index is 2.47. The van der Waals surface area contributed by atoms with E-state index in [0.29, 0.717) is 0 Å². The highest BCUT2D eigenvalue weighted by Gasteiger charge is 2.45. The first-order valence-electron chi connectivity index (χ1n) is 6.30. The van der Waals surface area contributed by atoms with Crippen molar-refractivity contribution in [2.45, 2.75) is 40.0 Å². The van der Waals surface area contributed by atoms with Gasteiger partial charge in [-0.05, 0) is 6.92 Å². The molecular weight excluding hydrogens is 250 g/mol. The Morgan fingerprint density at radius 3 is 2.37 bits per heavy atom. The van der Waals surface area contributed by atoms with Crippen LogP contribution in [-0.4, -0.2) is 41.6 Å². The quantitative estimate of drug-likeness (QED) is 0.523. The van der Waals surface area contributed by atoms with Crippen LogP contribution in [0, 0.1) is 5.41 Å². The van der Waals surface area contributed by atoms with Gasteiger partial charge in [0.05, 0.1) is 25.0 Å². The van der Waals surface area contributed by atoms with Crippen LogP contribution < -0.4 is 0 Å². The predicted octanol–water partition coefficient (Wildman–Crippen LogP) is 0.684. The first-order valence-corrected chi connectivity index (χ1v) is 6.30. The van der Waals surface area contributed by atoms with E-state index in [9.17, 15) is 19.2 Å². The number of hydrogen-bond acceptors (Lipinski definition) is 5. The number of likely N-dealkylation sites (tertiary alicyclic amines) is 1. The second-order valence-electron chi connectivity index (χ2n) is 5.19. The number of ether oxygens (including phenoxy) is 1. The van der Waals surface area contributed by atoms with Crippen molar-refractivity contribution in [3.8, 4) is 0 Å². The fourth-order valence-corrected chi connectivity index (χ4v) is 1.92. The summed E-state index contributed by atoms with van der Waals surface area (Å²) in [5.41, 5.74) is -0.738. The molecule has 19 heavy (non-hydrogen) atoms. The fraction of sp³-hybridized carbons (Fsp3) is 0.692. The van der Waals surface area contributed by atoms with Crippen molar-refractivity contribution >= 4 is 23.6 Å². The van der Waals surface area contributed by atoms with Crippen LogP contribution in [0.4, 0.5) is 0 Å². The van der Waals surface area contributed by atoms with Crippen LogP contribution in [0.3, 0.4) is 0 Å². The molecule has 0 saturated carbocycles. The number of imide groups is 1. The average molecular weight is 269 g/mol. The number of esters is 1. The minimum Gasteiger partial charge on any atom is -0.466 e. The van der Waals surface area contributed by atoms with Gasteiger partial charge in [-0.2, -0.15) is 0 Å². The number of carbonyl (C=O) groups excluding carboxylic acids is 4. The van der Waals surface area contributed by atoms with Gasteiger partial charge in [-0.15, -0.1) is 0 Å². The molecule has 6 heteroatoms. The smallest absolute Gasteiger partial charge is 0.306 e. The van der Waals surface area contributed by atoms with E-state index in [-0.39, 0.29) is 50.0 Å². The maximum Gasteiger partial charge on any atom is 0.306 e. The molecule has 0 aliphatic carbocycles. The number of carbonyl (C=O) groups is 4. The monoisotopic (exact) mass is 269 g/mol. The molecule has 1 aliphatic heterocycles. The molecule has 1 saturated heterocycles. The van der Waals surface area contributed by atoms with Gasteiger partial charge in [-0.3, -0.25) is 24.1 Å². The van der Waals surface area contributed by atoms with E-state index in [4.69, 9.17) is 4.74 Å². The molecule has 106 valence electrons. The first kappa shape index (κ1) is 15.3. The van der Waals surface area contributed by atoms with Crippen molar-refractivity contribution in [3.63, 3.8) is 0 Å². The van der Waals surface area contributed by atoms with Crippen molar-refractivity contribution in [1.29, 1.82) is 0 Å². The van der Waals surface area contributed by atoms with Crippen LogP contribution in [0.5, 0.6) is 0 Å². The predicted molar refractivity (Wildman–Crippen MR) is 66.0 cm³/mol. The van der Waals surface area contributed by atoms with E-state index >= 15 is 0 Å². The third-order valence-electron chi connectivity index (χ3n) is 2.97. The summed E-state index contributed by atoms with van der Waals surface area (Å²) in [5.74, 6) is -1.43. The molecule has 0 bridgehead atoms. The SMILES string of the molecule is CCOC(=O)CCC(=O)CN1C(=O)CC(C)(C)C1=O. The van der Waals surface area contributed by atoms with Crippen molar-refractivity contribution < 1.29 is 23.9 Å². The lowest BCUT2D eigenvalue weighted by molar-refractivity contribution is -0.145. The van der Waals surface area contributed by atoms with Gasteiger partial charge in [0.25, 0.3) is 0 Å². The van der Waals surface area contributed by atoms with Crippen LogP contribution in [0.25, 0.3) is 0 Å². The largest absolute Gasteiger partial charge is 0.466 e. The highest BCUT2D eigenvalue weighted by molar-refractivity contribution is 6.07. The zero-order chi connectivity index (χ0) is 14.6. The topological polar surface area (TPSA) is 80.8 Å². The van der Waals surface area contributed by atoms with Gasteiger partial charge in [-0.25, -0.2) is 0 Å². The lowest BCUT2D eigenvalue weighted by Gasteiger charge is -2.16. The minimum atomic E-state index is -0.738. The molecule has 6 nitrogen and oxygen atoms in total. The van der Waals surface area contributed by atoms with Gasteiger partial charge in [-0.1, -0.05) is 13.8 Å². The van der Waals surface area contributed by atoms with Crippen LogP contribution in [0.15, 0.2) is 0 Å².